The summed E-state index contributed by atoms with van der Waals surface area (Å²) in [5.74, 6) is 0.544. The Bertz CT molecular complexity index is 795. The van der Waals surface area contributed by atoms with Crippen molar-refractivity contribution in [1.29, 1.82) is 0 Å². The molecule has 1 amide bonds. The van der Waals surface area contributed by atoms with Gasteiger partial charge in [-0.25, -0.2) is 0 Å². The number of fused-ring (bicyclic) bond motifs is 1. The number of hydrogen-bond donors (Lipinski definition) is 2. The van der Waals surface area contributed by atoms with Crippen molar-refractivity contribution in [2.75, 3.05) is 52.6 Å². The van der Waals surface area contributed by atoms with E-state index in [4.69, 9.17) is 18.9 Å². The Hall–Kier alpha value is -1.87. The first-order valence-electron chi connectivity index (χ1n) is 11.8. The lowest BCUT2D eigenvalue weighted by atomic mass is 9.93. The van der Waals surface area contributed by atoms with Gasteiger partial charge in [-0.1, -0.05) is 0 Å². The van der Waals surface area contributed by atoms with Crippen LogP contribution in [0, 0.1) is 12.8 Å². The Morgan fingerprint density at radius 1 is 1.22 bits per heavy atom. The summed E-state index contributed by atoms with van der Waals surface area (Å²) in [6.07, 6.45) is 2.99. The zero-order valence-corrected chi connectivity index (χ0v) is 19.2. The van der Waals surface area contributed by atoms with Crippen LogP contribution in [0.5, 0.6) is 11.5 Å². The third kappa shape index (κ3) is 5.73. The van der Waals surface area contributed by atoms with Gasteiger partial charge in [0, 0.05) is 31.8 Å². The zero-order chi connectivity index (χ0) is 22.6. The van der Waals surface area contributed by atoms with Gasteiger partial charge in [0.25, 0.3) is 5.91 Å². The van der Waals surface area contributed by atoms with E-state index >= 15 is 0 Å². The Morgan fingerprint density at radius 3 is 2.78 bits per heavy atom. The van der Waals surface area contributed by atoms with Crippen molar-refractivity contribution in [3.05, 3.63) is 23.3 Å². The molecule has 0 unspecified atom stereocenters. The molecule has 178 valence electrons. The first-order chi connectivity index (χ1) is 15.4. The van der Waals surface area contributed by atoms with Crippen molar-refractivity contribution in [3.63, 3.8) is 0 Å². The number of rotatable bonds is 7. The van der Waals surface area contributed by atoms with E-state index in [0.717, 1.165) is 44.3 Å². The Balaban J connectivity index is 1.25. The van der Waals surface area contributed by atoms with Crippen molar-refractivity contribution in [2.24, 2.45) is 5.92 Å². The van der Waals surface area contributed by atoms with Crippen LogP contribution in [0.4, 0.5) is 0 Å². The van der Waals surface area contributed by atoms with Crippen LogP contribution in [-0.4, -0.2) is 80.4 Å². The number of aliphatic hydroxyl groups excluding tert-OH is 1. The van der Waals surface area contributed by atoms with Gasteiger partial charge in [-0.15, -0.1) is 0 Å². The molecule has 1 aromatic carbocycles. The summed E-state index contributed by atoms with van der Waals surface area (Å²) in [4.78, 5) is 15.2. The third-order valence-electron chi connectivity index (χ3n) is 6.57. The number of hydrogen-bond acceptors (Lipinski definition) is 7. The summed E-state index contributed by atoms with van der Waals surface area (Å²) in [7, 11) is 0. The van der Waals surface area contributed by atoms with Crippen molar-refractivity contribution < 1.29 is 28.8 Å². The fraction of sp³-hybridized carbons (Fsp3) is 0.708. The Kier molecular flexibility index (Phi) is 7.55. The molecule has 4 rings (SSSR count). The summed E-state index contributed by atoms with van der Waals surface area (Å²) in [6, 6.07) is 3.74. The molecular weight excluding hydrogens is 412 g/mol. The molecule has 0 radical (unpaired) electrons. The predicted octanol–water partition coefficient (Wildman–Crippen LogP) is 2.11. The maximum absolute atomic E-state index is 12.9. The van der Waals surface area contributed by atoms with Crippen LogP contribution in [0.25, 0.3) is 0 Å². The molecule has 32 heavy (non-hydrogen) atoms. The van der Waals surface area contributed by atoms with Crippen LogP contribution in [0.2, 0.25) is 0 Å². The molecule has 0 saturated carbocycles. The fourth-order valence-corrected chi connectivity index (χ4v) is 4.71. The molecule has 3 heterocycles. The largest absolute Gasteiger partial charge is 0.490 e. The molecule has 0 bridgehead atoms. The summed E-state index contributed by atoms with van der Waals surface area (Å²) < 4.78 is 22.9. The zero-order valence-electron chi connectivity index (χ0n) is 19.2. The first-order valence-corrected chi connectivity index (χ1v) is 11.8. The van der Waals surface area contributed by atoms with Crippen LogP contribution >= 0.6 is 0 Å². The number of amides is 1. The molecule has 0 aliphatic carbocycles. The number of ether oxygens (including phenoxy) is 4. The second kappa shape index (κ2) is 10.4. The van der Waals surface area contributed by atoms with Crippen LogP contribution in [0.3, 0.4) is 0 Å². The molecule has 2 fully saturated rings. The van der Waals surface area contributed by atoms with Crippen molar-refractivity contribution >= 4 is 5.91 Å². The number of aliphatic hydroxyl groups is 1. The fourth-order valence-electron chi connectivity index (χ4n) is 4.71. The molecule has 2 N–H and O–H groups in total. The second-order valence-corrected chi connectivity index (χ2v) is 9.25. The molecular formula is C24H36N2O6. The molecule has 8 nitrogen and oxygen atoms in total. The van der Waals surface area contributed by atoms with Crippen LogP contribution in [0.1, 0.15) is 48.5 Å². The number of likely N-dealkylation sites (tertiary alicyclic amines) is 1. The smallest absolute Gasteiger partial charge is 0.255 e. The highest BCUT2D eigenvalue weighted by atomic mass is 16.7. The minimum atomic E-state index is -0.465. The molecule has 0 aromatic heterocycles. The van der Waals surface area contributed by atoms with E-state index < -0.39 is 11.9 Å². The van der Waals surface area contributed by atoms with E-state index in [2.05, 4.69) is 10.2 Å². The van der Waals surface area contributed by atoms with Gasteiger partial charge in [0.2, 0.25) is 0 Å². The van der Waals surface area contributed by atoms with Gasteiger partial charge in [0.1, 0.15) is 0 Å². The van der Waals surface area contributed by atoms with Gasteiger partial charge in [-0.05, 0) is 57.5 Å². The number of benzene rings is 1. The highest BCUT2D eigenvalue weighted by Gasteiger charge is 2.32. The van der Waals surface area contributed by atoms with Crippen molar-refractivity contribution in [2.45, 2.75) is 51.4 Å². The van der Waals surface area contributed by atoms with Crippen LogP contribution < -0.4 is 14.8 Å². The van der Waals surface area contributed by atoms with Gasteiger partial charge < -0.3 is 34.3 Å². The van der Waals surface area contributed by atoms with Crippen molar-refractivity contribution in [1.82, 2.24) is 10.2 Å². The highest BCUT2D eigenvalue weighted by Crippen LogP contribution is 2.35. The first kappa shape index (κ1) is 23.3. The average Bonchev–Trinajstić information content (AvgIpc) is 3.05. The number of carbonyl (C=O) groups is 1. The van der Waals surface area contributed by atoms with Gasteiger partial charge in [-0.3, -0.25) is 4.79 Å². The van der Waals surface area contributed by atoms with Gasteiger partial charge in [0.05, 0.1) is 38.1 Å². The highest BCUT2D eigenvalue weighted by molar-refractivity contribution is 5.98. The minimum absolute atomic E-state index is 0.0368. The SMILES string of the molecule is Cc1cc2c(c(C(=O)NC[C@H]3CCN(CCCC4(C)OCCO4)C[C@H]3O)c1)OCCCO2. The number of carbonyl (C=O) groups excluding carboxylic acids is 1. The van der Waals surface area contributed by atoms with Gasteiger partial charge >= 0.3 is 0 Å². The standard InChI is InChI=1S/C24H36N2O6/c1-17-13-19(22-21(14-17)29-9-4-10-30-22)23(28)25-15-18-5-8-26(16-20(18)27)7-3-6-24(2)31-11-12-32-24/h13-14,18,20,27H,3-12,15-16H2,1-2H3,(H,25,28)/t18-,20-/m1/s1. The quantitative estimate of drug-likeness (QED) is 0.660. The molecule has 0 spiro atoms. The van der Waals surface area contributed by atoms with Gasteiger partial charge in [0.15, 0.2) is 17.3 Å². The molecule has 3 aliphatic heterocycles. The molecule has 1 aromatic rings. The van der Waals surface area contributed by atoms with E-state index in [0.29, 0.717) is 56.6 Å². The predicted molar refractivity (Wildman–Crippen MR) is 119 cm³/mol. The molecule has 2 atom stereocenters. The lowest BCUT2D eigenvalue weighted by molar-refractivity contribution is -0.148. The topological polar surface area (TPSA) is 89.5 Å². The Morgan fingerprint density at radius 2 is 2.00 bits per heavy atom. The van der Waals surface area contributed by atoms with Gasteiger partial charge in [-0.2, -0.15) is 0 Å². The van der Waals surface area contributed by atoms with E-state index in [1.807, 2.05) is 26.0 Å². The lowest BCUT2D eigenvalue weighted by Gasteiger charge is -2.36. The average molecular weight is 449 g/mol. The van der Waals surface area contributed by atoms with E-state index in [-0.39, 0.29) is 11.8 Å². The number of nitrogens with one attached hydrogen (secondary N) is 1. The third-order valence-corrected chi connectivity index (χ3v) is 6.57. The summed E-state index contributed by atoms with van der Waals surface area (Å²) in [5, 5.41) is 13.7. The molecule has 2 saturated heterocycles. The summed E-state index contributed by atoms with van der Waals surface area (Å²) in [6.45, 7) is 9.26. The van der Waals surface area contributed by atoms with E-state index in [1.165, 1.54) is 0 Å². The summed E-state index contributed by atoms with van der Waals surface area (Å²) in [5.41, 5.74) is 1.45. The number of piperidine rings is 1. The van der Waals surface area contributed by atoms with Crippen molar-refractivity contribution in [3.8, 4) is 11.5 Å². The Labute approximate surface area is 190 Å². The molecule has 3 aliphatic rings. The van der Waals surface area contributed by atoms with Crippen LogP contribution in [0.15, 0.2) is 12.1 Å². The molecule has 8 heteroatoms. The normalized spacial score (nSPS) is 25.3. The monoisotopic (exact) mass is 448 g/mol. The summed E-state index contributed by atoms with van der Waals surface area (Å²) >= 11 is 0. The maximum atomic E-state index is 12.9. The van der Waals surface area contributed by atoms with Crippen LogP contribution in [-0.2, 0) is 9.47 Å². The second-order valence-electron chi connectivity index (χ2n) is 9.25. The minimum Gasteiger partial charge on any atom is -0.490 e. The number of nitrogens with zero attached hydrogens (tertiary/aromatic N) is 1. The lowest BCUT2D eigenvalue weighted by Crippen LogP contribution is -2.48. The van der Waals surface area contributed by atoms with E-state index in [1.54, 1.807) is 0 Å². The number of aryl methyl sites for hydroxylation is 1. The van der Waals surface area contributed by atoms with E-state index in [9.17, 15) is 9.90 Å². The maximum Gasteiger partial charge on any atom is 0.255 e. The number of β-amino-alcohol motifs (C(OH)–C–C–N with tert-alkyl or cyclic N) is 1.